The summed E-state index contributed by atoms with van der Waals surface area (Å²) in [5.74, 6) is 0.0407. The van der Waals surface area contributed by atoms with E-state index in [1.807, 2.05) is 26.9 Å². The summed E-state index contributed by atoms with van der Waals surface area (Å²) in [4.78, 5) is 35.9. The summed E-state index contributed by atoms with van der Waals surface area (Å²) >= 11 is 0. The predicted molar refractivity (Wildman–Crippen MR) is 108 cm³/mol. The molecule has 0 bridgehead atoms. The van der Waals surface area contributed by atoms with Crippen LogP contribution in [-0.4, -0.2) is 59.6 Å². The Morgan fingerprint density at radius 2 is 1.22 bits per heavy atom. The van der Waals surface area contributed by atoms with Gasteiger partial charge in [-0.05, 0) is 72.0 Å². The molecule has 27 heavy (non-hydrogen) atoms. The maximum atomic E-state index is 12.7. The number of amides is 2. The van der Waals surface area contributed by atoms with Crippen molar-refractivity contribution < 1.29 is 23.9 Å². The van der Waals surface area contributed by atoms with Crippen LogP contribution in [-0.2, 0) is 9.47 Å². The zero-order chi connectivity index (χ0) is 21.4. The summed E-state index contributed by atoms with van der Waals surface area (Å²) in [5.41, 5.74) is -1.32. The molecule has 0 spiro atoms. The van der Waals surface area contributed by atoms with E-state index in [-0.39, 0.29) is 11.0 Å². The number of hydrogen-bond acceptors (Lipinski definition) is 5. The third-order valence-corrected chi connectivity index (χ3v) is 8.33. The third-order valence-electron chi connectivity index (χ3n) is 4.82. The number of nitrogens with zero attached hydrogens (tertiary/aromatic N) is 2. The van der Waals surface area contributed by atoms with Crippen molar-refractivity contribution in [2.75, 3.05) is 13.1 Å². The Morgan fingerprint density at radius 3 is 1.48 bits per heavy atom. The molecular formula is C19H38N2O5Si. The van der Waals surface area contributed by atoms with Gasteiger partial charge in [0.2, 0.25) is 0 Å². The van der Waals surface area contributed by atoms with E-state index < -0.39 is 31.7 Å². The average Bonchev–Trinajstić information content (AvgIpc) is 2.76. The lowest BCUT2D eigenvalue weighted by atomic mass is 9.97. The predicted octanol–water partition coefficient (Wildman–Crippen LogP) is 4.37. The fourth-order valence-electron chi connectivity index (χ4n) is 2.82. The third kappa shape index (κ3) is 6.99. The Morgan fingerprint density at radius 1 is 0.889 bits per heavy atom. The maximum absolute atomic E-state index is 12.7. The first-order chi connectivity index (χ1) is 11.8. The van der Waals surface area contributed by atoms with Crippen LogP contribution in [0.2, 0.25) is 18.1 Å². The maximum Gasteiger partial charge on any atom is 0.429 e. The van der Waals surface area contributed by atoms with Gasteiger partial charge in [-0.2, -0.15) is 0 Å². The van der Waals surface area contributed by atoms with Crippen molar-refractivity contribution in [3.63, 3.8) is 0 Å². The van der Waals surface area contributed by atoms with E-state index in [2.05, 4.69) is 0 Å². The van der Waals surface area contributed by atoms with Crippen LogP contribution in [0.3, 0.4) is 0 Å². The second-order valence-corrected chi connectivity index (χ2v) is 15.1. The molecule has 0 aromatic rings. The molecule has 1 aliphatic rings. The Kier molecular flexibility index (Phi) is 6.70. The summed E-state index contributed by atoms with van der Waals surface area (Å²) < 4.78 is 10.9. The summed E-state index contributed by atoms with van der Waals surface area (Å²) in [7, 11) is -2.40. The van der Waals surface area contributed by atoms with Crippen LogP contribution in [0.5, 0.6) is 0 Å². The second-order valence-electron chi connectivity index (χ2n) is 10.6. The average molecular weight is 403 g/mol. The van der Waals surface area contributed by atoms with Crippen molar-refractivity contribution in [2.24, 2.45) is 5.92 Å². The smallest absolute Gasteiger partial charge is 0.429 e. The molecule has 0 aromatic heterocycles. The van der Waals surface area contributed by atoms with Crippen LogP contribution in [0.15, 0.2) is 0 Å². The summed E-state index contributed by atoms with van der Waals surface area (Å²) in [6.45, 7) is 19.4. The van der Waals surface area contributed by atoms with Crippen LogP contribution in [0.4, 0.5) is 9.59 Å². The molecule has 1 aliphatic heterocycles. The summed E-state index contributed by atoms with van der Waals surface area (Å²) in [5, 5.41) is 2.43. The van der Waals surface area contributed by atoms with E-state index in [1.54, 1.807) is 41.5 Å². The first-order valence-electron chi connectivity index (χ1n) is 9.56. The van der Waals surface area contributed by atoms with Crippen molar-refractivity contribution in [1.82, 2.24) is 10.0 Å². The highest BCUT2D eigenvalue weighted by molar-refractivity contribution is 6.72. The Labute approximate surface area is 165 Å². The number of hydrazine groups is 1. The molecule has 0 aliphatic carbocycles. The van der Waals surface area contributed by atoms with Crippen molar-refractivity contribution in [3.8, 4) is 0 Å². The number of rotatable bonds is 3. The molecule has 0 saturated carbocycles. The number of ether oxygens (including phenoxy) is 2. The van der Waals surface area contributed by atoms with Gasteiger partial charge < -0.3 is 14.3 Å². The molecule has 1 fully saturated rings. The molecular weight excluding hydrogens is 364 g/mol. The van der Waals surface area contributed by atoms with Gasteiger partial charge in [0.25, 0.3) is 0 Å². The van der Waals surface area contributed by atoms with Crippen molar-refractivity contribution in [1.29, 1.82) is 0 Å². The lowest BCUT2D eigenvalue weighted by Crippen LogP contribution is -2.48. The Bertz CT molecular complexity index is 522. The topological polar surface area (TPSA) is 79.3 Å². The number of carbonyl (C=O) groups is 2. The highest BCUT2D eigenvalue weighted by Gasteiger charge is 2.46. The van der Waals surface area contributed by atoms with Gasteiger partial charge in [-0.1, -0.05) is 13.8 Å². The van der Waals surface area contributed by atoms with E-state index in [0.717, 1.165) is 0 Å². The Balaban J connectivity index is 3.02. The largest absolute Gasteiger partial charge is 0.442 e. The van der Waals surface area contributed by atoms with E-state index in [4.69, 9.17) is 9.47 Å². The minimum Gasteiger partial charge on any atom is -0.442 e. The highest BCUT2D eigenvalue weighted by Crippen LogP contribution is 2.43. The van der Waals surface area contributed by atoms with Crippen molar-refractivity contribution >= 4 is 20.5 Å². The molecule has 1 rings (SSSR count). The minimum atomic E-state index is -2.40. The molecule has 7 nitrogen and oxygen atoms in total. The standard InChI is InChI=1S/C19H38N2O5Si/c1-17(2,3)25-15(22)20-12-14(11-19(7,8)27(9,10)24)13-21(20)16(23)26-18(4,5)6/h14,24H,11-13H2,1-10H3. The van der Waals surface area contributed by atoms with Gasteiger partial charge >= 0.3 is 12.2 Å². The van der Waals surface area contributed by atoms with Crippen LogP contribution in [0, 0.1) is 5.92 Å². The minimum absolute atomic E-state index is 0.0407. The van der Waals surface area contributed by atoms with Crippen LogP contribution < -0.4 is 0 Å². The van der Waals surface area contributed by atoms with Crippen molar-refractivity contribution in [2.45, 2.75) is 91.1 Å². The van der Waals surface area contributed by atoms with Gasteiger partial charge in [-0.15, -0.1) is 0 Å². The van der Waals surface area contributed by atoms with Gasteiger partial charge in [-0.25, -0.2) is 19.6 Å². The van der Waals surface area contributed by atoms with Gasteiger partial charge in [-0.3, -0.25) is 0 Å². The van der Waals surface area contributed by atoms with E-state index in [1.165, 1.54) is 10.0 Å². The molecule has 1 N–H and O–H groups in total. The van der Waals surface area contributed by atoms with Gasteiger partial charge in [0, 0.05) is 0 Å². The zero-order valence-electron chi connectivity index (χ0n) is 18.7. The number of carbonyl (C=O) groups excluding carboxylic acids is 2. The molecule has 0 atom stereocenters. The summed E-state index contributed by atoms with van der Waals surface area (Å²) in [6.07, 6.45) is -0.412. The molecule has 8 heteroatoms. The first-order valence-corrected chi connectivity index (χ1v) is 12.5. The molecule has 1 saturated heterocycles. The molecule has 0 radical (unpaired) electrons. The van der Waals surface area contributed by atoms with Crippen LogP contribution in [0.1, 0.15) is 61.8 Å². The first kappa shape index (κ1) is 23.8. The van der Waals surface area contributed by atoms with E-state index in [0.29, 0.717) is 19.5 Å². The van der Waals surface area contributed by atoms with E-state index in [9.17, 15) is 14.4 Å². The fraction of sp³-hybridized carbons (Fsp3) is 0.895. The van der Waals surface area contributed by atoms with E-state index >= 15 is 0 Å². The monoisotopic (exact) mass is 402 g/mol. The molecule has 2 amide bonds. The second kappa shape index (κ2) is 7.62. The highest BCUT2D eigenvalue weighted by atomic mass is 28.4. The van der Waals surface area contributed by atoms with Crippen LogP contribution >= 0.6 is 0 Å². The lowest BCUT2D eigenvalue weighted by Gasteiger charge is -2.36. The normalized spacial score (nSPS) is 17.3. The quantitative estimate of drug-likeness (QED) is 0.709. The Hall–Kier alpha value is -1.28. The fourth-order valence-corrected chi connectivity index (χ4v) is 3.61. The number of hydrogen-bond donors (Lipinski definition) is 1. The van der Waals surface area contributed by atoms with Crippen molar-refractivity contribution in [3.05, 3.63) is 0 Å². The van der Waals surface area contributed by atoms with Gasteiger partial charge in [0.05, 0.1) is 13.1 Å². The van der Waals surface area contributed by atoms with Gasteiger partial charge in [0.15, 0.2) is 8.32 Å². The lowest BCUT2D eigenvalue weighted by molar-refractivity contribution is -0.0428. The zero-order valence-corrected chi connectivity index (χ0v) is 19.7. The van der Waals surface area contributed by atoms with Crippen LogP contribution in [0.25, 0.3) is 0 Å². The molecule has 1 heterocycles. The molecule has 0 unspecified atom stereocenters. The SMILES string of the molecule is CC(C)(C)OC(=O)N1CC(CC(C)(C)[Si](C)(C)O)CN1C(=O)OC(C)(C)C. The van der Waals surface area contributed by atoms with Gasteiger partial charge in [0.1, 0.15) is 11.2 Å². The summed E-state index contributed by atoms with van der Waals surface area (Å²) in [6, 6.07) is 0. The molecule has 158 valence electrons. The molecule has 0 aromatic carbocycles.